The van der Waals surface area contributed by atoms with Gasteiger partial charge in [-0.3, -0.25) is 14.2 Å². The molecule has 1 N–H and O–H groups in total. The lowest BCUT2D eigenvalue weighted by Crippen LogP contribution is -2.27. The number of carboxylic acids is 1. The van der Waals surface area contributed by atoms with Crippen molar-refractivity contribution in [2.45, 2.75) is 52.5 Å². The molecular weight excluding hydrogens is 300 g/mol. The largest absolute Gasteiger partial charge is 0.481 e. The smallest absolute Gasteiger partial charge is 0.311 e. The predicted octanol–water partition coefficient (Wildman–Crippen LogP) is 2.93. The highest BCUT2D eigenvalue weighted by Gasteiger charge is 2.32. The van der Waals surface area contributed by atoms with Crippen LogP contribution in [0.2, 0.25) is 0 Å². The topological polar surface area (TPSA) is 72.2 Å². The number of nitrogens with zero attached hydrogens (tertiary/aromatic N) is 2. The number of fused-ring (bicyclic) bond motifs is 3. The van der Waals surface area contributed by atoms with Crippen LogP contribution in [-0.4, -0.2) is 20.6 Å². The maximum atomic E-state index is 12.9. The van der Waals surface area contributed by atoms with Crippen LogP contribution in [0.25, 0.3) is 10.2 Å². The van der Waals surface area contributed by atoms with Crippen LogP contribution in [0.4, 0.5) is 0 Å². The Morgan fingerprint density at radius 3 is 2.86 bits per heavy atom. The summed E-state index contributed by atoms with van der Waals surface area (Å²) in [4.78, 5) is 30.8. The standard InChI is InChI=1S/C16H20N2O3S/c1-8(2)7-18-9(3)17-14-13(15(18)19)12-10(16(20)21)5-4-6-11(12)22-14/h8,10H,4-7H2,1-3H3,(H,20,21). The fourth-order valence-corrected chi connectivity index (χ4v) is 4.56. The zero-order valence-corrected chi connectivity index (χ0v) is 13.9. The van der Waals surface area contributed by atoms with E-state index in [-0.39, 0.29) is 5.56 Å². The molecule has 1 atom stereocenters. The van der Waals surface area contributed by atoms with Gasteiger partial charge in [0.25, 0.3) is 5.56 Å². The van der Waals surface area contributed by atoms with E-state index < -0.39 is 11.9 Å². The van der Waals surface area contributed by atoms with E-state index in [1.807, 2.05) is 6.92 Å². The van der Waals surface area contributed by atoms with Gasteiger partial charge in [0.15, 0.2) is 0 Å². The molecule has 5 nitrogen and oxygen atoms in total. The van der Waals surface area contributed by atoms with Crippen LogP contribution in [-0.2, 0) is 17.8 Å². The number of rotatable bonds is 3. The highest BCUT2D eigenvalue weighted by atomic mass is 32.1. The average Bonchev–Trinajstić information content (AvgIpc) is 2.80. The molecule has 0 radical (unpaired) electrons. The Morgan fingerprint density at radius 1 is 1.50 bits per heavy atom. The molecule has 1 aliphatic carbocycles. The monoisotopic (exact) mass is 320 g/mol. The van der Waals surface area contributed by atoms with E-state index in [0.717, 1.165) is 23.3 Å². The van der Waals surface area contributed by atoms with Crippen molar-refractivity contribution in [1.82, 2.24) is 9.55 Å². The van der Waals surface area contributed by atoms with E-state index in [1.165, 1.54) is 11.3 Å². The molecule has 2 heterocycles. The lowest BCUT2D eigenvalue weighted by Gasteiger charge is -2.19. The van der Waals surface area contributed by atoms with Gasteiger partial charge < -0.3 is 5.11 Å². The highest BCUT2D eigenvalue weighted by Crippen LogP contribution is 2.40. The maximum absolute atomic E-state index is 12.9. The molecule has 6 heteroatoms. The van der Waals surface area contributed by atoms with Crippen molar-refractivity contribution in [1.29, 1.82) is 0 Å². The molecule has 0 fully saturated rings. The first-order valence-electron chi connectivity index (χ1n) is 7.65. The normalized spacial score (nSPS) is 17.9. The predicted molar refractivity (Wildman–Crippen MR) is 86.8 cm³/mol. The molecule has 0 amide bonds. The summed E-state index contributed by atoms with van der Waals surface area (Å²) in [6, 6.07) is 0. The molecule has 0 aromatic carbocycles. The van der Waals surface area contributed by atoms with Crippen LogP contribution in [0, 0.1) is 12.8 Å². The Labute approximate surface area is 132 Å². The number of aromatic nitrogens is 2. The van der Waals surface area contributed by atoms with E-state index in [9.17, 15) is 14.7 Å². The highest BCUT2D eigenvalue weighted by molar-refractivity contribution is 7.18. The third kappa shape index (κ3) is 2.35. The molecule has 1 aliphatic rings. The summed E-state index contributed by atoms with van der Waals surface area (Å²) in [6.45, 7) is 6.56. The average molecular weight is 320 g/mol. The molecule has 0 bridgehead atoms. The van der Waals surface area contributed by atoms with Crippen molar-refractivity contribution in [3.05, 3.63) is 26.6 Å². The Morgan fingerprint density at radius 2 is 2.23 bits per heavy atom. The quantitative estimate of drug-likeness (QED) is 0.944. The van der Waals surface area contributed by atoms with Crippen molar-refractivity contribution in [3.63, 3.8) is 0 Å². The number of thiophene rings is 1. The van der Waals surface area contributed by atoms with E-state index in [1.54, 1.807) is 4.57 Å². The molecule has 3 rings (SSSR count). The summed E-state index contributed by atoms with van der Waals surface area (Å²) in [5.41, 5.74) is 0.649. The van der Waals surface area contributed by atoms with Crippen LogP contribution < -0.4 is 5.56 Å². The minimum absolute atomic E-state index is 0.0816. The van der Waals surface area contributed by atoms with Gasteiger partial charge in [0.05, 0.1) is 11.3 Å². The Balaban J connectivity index is 2.31. The van der Waals surface area contributed by atoms with Crippen molar-refractivity contribution >= 4 is 27.5 Å². The summed E-state index contributed by atoms with van der Waals surface area (Å²) in [7, 11) is 0. The third-order valence-electron chi connectivity index (χ3n) is 4.21. The zero-order chi connectivity index (χ0) is 16.0. The molecule has 1 unspecified atom stereocenters. The van der Waals surface area contributed by atoms with Gasteiger partial charge in [-0.2, -0.15) is 0 Å². The van der Waals surface area contributed by atoms with Crippen LogP contribution in [0.5, 0.6) is 0 Å². The lowest BCUT2D eigenvalue weighted by atomic mass is 9.86. The third-order valence-corrected chi connectivity index (χ3v) is 5.37. The van der Waals surface area contributed by atoms with E-state index in [2.05, 4.69) is 18.8 Å². The molecule has 2 aromatic rings. The van der Waals surface area contributed by atoms with Crippen LogP contribution in [0.15, 0.2) is 4.79 Å². The molecule has 22 heavy (non-hydrogen) atoms. The SMILES string of the molecule is Cc1nc2sc3c(c2c(=O)n1CC(C)C)C(C(=O)O)CCC3. The van der Waals surface area contributed by atoms with Gasteiger partial charge in [-0.15, -0.1) is 11.3 Å². The van der Waals surface area contributed by atoms with Crippen LogP contribution >= 0.6 is 11.3 Å². The lowest BCUT2D eigenvalue weighted by molar-refractivity contribution is -0.139. The van der Waals surface area contributed by atoms with Gasteiger partial charge in [0.2, 0.25) is 0 Å². The summed E-state index contributed by atoms with van der Waals surface area (Å²) in [5.74, 6) is -0.365. The number of aliphatic carboxylic acids is 1. The zero-order valence-electron chi connectivity index (χ0n) is 13.0. The molecule has 0 saturated carbocycles. The minimum atomic E-state index is -0.837. The molecule has 0 aliphatic heterocycles. The van der Waals surface area contributed by atoms with Crippen molar-refractivity contribution in [2.24, 2.45) is 5.92 Å². The second-order valence-electron chi connectivity index (χ2n) is 6.37. The first kappa shape index (κ1) is 15.2. The molecule has 2 aromatic heterocycles. The van der Waals surface area contributed by atoms with E-state index in [4.69, 9.17) is 0 Å². The van der Waals surface area contributed by atoms with Gasteiger partial charge >= 0.3 is 5.97 Å². The molecule has 118 valence electrons. The summed E-state index contributed by atoms with van der Waals surface area (Å²) in [6.07, 6.45) is 2.31. The fourth-order valence-electron chi connectivity index (χ4n) is 3.24. The van der Waals surface area contributed by atoms with E-state index >= 15 is 0 Å². The van der Waals surface area contributed by atoms with Crippen LogP contribution in [0.3, 0.4) is 0 Å². The summed E-state index contributed by atoms with van der Waals surface area (Å²) < 4.78 is 1.69. The van der Waals surface area contributed by atoms with Crippen molar-refractivity contribution in [3.8, 4) is 0 Å². The van der Waals surface area contributed by atoms with Gasteiger partial charge in [-0.1, -0.05) is 13.8 Å². The van der Waals surface area contributed by atoms with Crippen LogP contribution in [0.1, 0.15) is 48.9 Å². The van der Waals surface area contributed by atoms with E-state index in [0.29, 0.717) is 34.9 Å². The number of hydrogen-bond donors (Lipinski definition) is 1. The Bertz CT molecular complexity index is 804. The summed E-state index contributed by atoms with van der Waals surface area (Å²) in [5, 5.41) is 10.0. The fraction of sp³-hybridized carbons (Fsp3) is 0.562. The number of carbonyl (C=O) groups is 1. The second kappa shape index (κ2) is 5.50. The summed E-state index contributed by atoms with van der Waals surface area (Å²) >= 11 is 1.49. The molecule has 0 spiro atoms. The molecule has 0 saturated heterocycles. The minimum Gasteiger partial charge on any atom is -0.481 e. The second-order valence-corrected chi connectivity index (χ2v) is 7.45. The first-order valence-corrected chi connectivity index (χ1v) is 8.47. The van der Waals surface area contributed by atoms with Gasteiger partial charge in [0.1, 0.15) is 10.7 Å². The molecular formula is C16H20N2O3S. The Kier molecular flexibility index (Phi) is 3.80. The number of carboxylic acid groups (broad SMARTS) is 1. The number of hydrogen-bond acceptors (Lipinski definition) is 4. The van der Waals surface area contributed by atoms with Crippen molar-refractivity contribution < 1.29 is 9.90 Å². The van der Waals surface area contributed by atoms with Gasteiger partial charge in [0, 0.05) is 11.4 Å². The van der Waals surface area contributed by atoms with Gasteiger partial charge in [-0.25, -0.2) is 4.98 Å². The Hall–Kier alpha value is -1.69. The maximum Gasteiger partial charge on any atom is 0.311 e. The number of aryl methyl sites for hydroxylation is 2. The van der Waals surface area contributed by atoms with Crippen molar-refractivity contribution in [2.75, 3.05) is 0 Å². The first-order chi connectivity index (χ1) is 10.4. The van der Waals surface area contributed by atoms with Gasteiger partial charge in [-0.05, 0) is 37.7 Å².